The summed E-state index contributed by atoms with van der Waals surface area (Å²) in [4.78, 5) is 25.0. The minimum atomic E-state index is -0.232. The summed E-state index contributed by atoms with van der Waals surface area (Å²) in [6.07, 6.45) is 3.13. The number of hydrogen-bond donors (Lipinski definition) is 1. The summed E-state index contributed by atoms with van der Waals surface area (Å²) >= 11 is 0. The molecule has 24 heavy (non-hydrogen) atoms. The molecule has 3 rings (SSSR count). The molecular formula is C15H25N7O2. The van der Waals surface area contributed by atoms with Crippen molar-refractivity contribution in [3.63, 3.8) is 0 Å². The van der Waals surface area contributed by atoms with Gasteiger partial charge in [0.15, 0.2) is 5.96 Å². The van der Waals surface area contributed by atoms with E-state index in [0.717, 1.165) is 37.7 Å². The first-order valence-corrected chi connectivity index (χ1v) is 8.38. The average Bonchev–Trinajstić information content (AvgIpc) is 3.27. The van der Waals surface area contributed by atoms with Gasteiger partial charge in [-0.3, -0.25) is 14.5 Å². The maximum atomic E-state index is 12.4. The molecule has 1 aromatic rings. The molecule has 132 valence electrons. The zero-order valence-electron chi connectivity index (χ0n) is 14.3. The van der Waals surface area contributed by atoms with Crippen LogP contribution >= 0.6 is 0 Å². The van der Waals surface area contributed by atoms with E-state index >= 15 is 0 Å². The average molecular weight is 335 g/mol. The van der Waals surface area contributed by atoms with Gasteiger partial charge < -0.3 is 19.9 Å². The van der Waals surface area contributed by atoms with Gasteiger partial charge in [0.2, 0.25) is 0 Å². The number of aliphatic imine (C=N–C) groups is 1. The molecule has 2 saturated heterocycles. The monoisotopic (exact) mass is 335 g/mol. The number of guanidine groups is 1. The summed E-state index contributed by atoms with van der Waals surface area (Å²) in [5.74, 6) is 1.81. The number of nitrogens with zero attached hydrogens (tertiary/aromatic N) is 6. The van der Waals surface area contributed by atoms with Crippen LogP contribution in [0.1, 0.15) is 18.7 Å². The molecule has 2 aliphatic heterocycles. The molecule has 0 aliphatic carbocycles. The fourth-order valence-electron chi connectivity index (χ4n) is 3.09. The van der Waals surface area contributed by atoms with Crippen LogP contribution in [0, 0.1) is 0 Å². The maximum Gasteiger partial charge on any atom is 0.251 e. The van der Waals surface area contributed by atoms with Gasteiger partial charge in [-0.15, -0.1) is 0 Å². The second-order valence-electron chi connectivity index (χ2n) is 6.01. The van der Waals surface area contributed by atoms with E-state index in [9.17, 15) is 4.79 Å². The van der Waals surface area contributed by atoms with E-state index in [0.29, 0.717) is 26.2 Å². The van der Waals surface area contributed by atoms with E-state index in [1.165, 1.54) is 6.33 Å². The van der Waals surface area contributed by atoms with E-state index < -0.39 is 0 Å². The van der Waals surface area contributed by atoms with E-state index in [1.807, 2.05) is 11.9 Å². The van der Waals surface area contributed by atoms with E-state index in [2.05, 4.69) is 25.3 Å². The Hall–Kier alpha value is -2.16. The van der Waals surface area contributed by atoms with Crippen LogP contribution in [-0.2, 0) is 23.1 Å². The summed E-state index contributed by atoms with van der Waals surface area (Å²) < 4.78 is 7.23. The largest absolute Gasteiger partial charge is 0.368 e. The van der Waals surface area contributed by atoms with Crippen LogP contribution in [0.2, 0.25) is 0 Å². The molecule has 1 N–H and O–H groups in total. The molecule has 2 fully saturated rings. The Balaban J connectivity index is 1.49. The van der Waals surface area contributed by atoms with Crippen LogP contribution in [0.25, 0.3) is 0 Å². The van der Waals surface area contributed by atoms with Crippen molar-refractivity contribution in [2.24, 2.45) is 12.0 Å². The van der Waals surface area contributed by atoms with Gasteiger partial charge in [0.05, 0.1) is 6.54 Å². The Bertz CT molecular complexity index is 586. The van der Waals surface area contributed by atoms with Crippen LogP contribution in [0.3, 0.4) is 0 Å². The smallest absolute Gasteiger partial charge is 0.251 e. The highest BCUT2D eigenvalue weighted by Gasteiger charge is 2.30. The van der Waals surface area contributed by atoms with Gasteiger partial charge in [-0.1, -0.05) is 0 Å². The lowest BCUT2D eigenvalue weighted by molar-refractivity contribution is -0.142. The number of piperazine rings is 1. The predicted molar refractivity (Wildman–Crippen MR) is 88.3 cm³/mol. The predicted octanol–water partition coefficient (Wildman–Crippen LogP) is -0.786. The fraction of sp³-hybridized carbons (Fsp3) is 0.733. The minimum Gasteiger partial charge on any atom is -0.368 e. The molecule has 0 radical (unpaired) electrons. The van der Waals surface area contributed by atoms with Crippen LogP contribution < -0.4 is 5.32 Å². The molecule has 1 unspecified atom stereocenters. The van der Waals surface area contributed by atoms with Gasteiger partial charge in [0.1, 0.15) is 18.3 Å². The first-order chi connectivity index (χ1) is 11.7. The van der Waals surface area contributed by atoms with Gasteiger partial charge in [0.25, 0.3) is 5.91 Å². The zero-order valence-corrected chi connectivity index (χ0v) is 14.3. The van der Waals surface area contributed by atoms with Crippen molar-refractivity contribution < 1.29 is 9.53 Å². The van der Waals surface area contributed by atoms with Crippen molar-refractivity contribution in [3.05, 3.63) is 12.2 Å². The molecule has 0 spiro atoms. The normalized spacial score (nSPS) is 22.1. The lowest BCUT2D eigenvalue weighted by Gasteiger charge is -2.37. The third-order valence-corrected chi connectivity index (χ3v) is 4.52. The van der Waals surface area contributed by atoms with Crippen molar-refractivity contribution in [2.75, 3.05) is 39.8 Å². The molecule has 3 heterocycles. The second-order valence-corrected chi connectivity index (χ2v) is 6.01. The van der Waals surface area contributed by atoms with Crippen molar-refractivity contribution in [2.45, 2.75) is 25.5 Å². The zero-order chi connectivity index (χ0) is 16.9. The van der Waals surface area contributed by atoms with Crippen LogP contribution in [0.15, 0.2) is 11.3 Å². The Labute approximate surface area is 141 Å². The fourth-order valence-corrected chi connectivity index (χ4v) is 3.09. The highest BCUT2D eigenvalue weighted by molar-refractivity contribution is 5.82. The van der Waals surface area contributed by atoms with Crippen LogP contribution in [-0.4, -0.2) is 82.4 Å². The third-order valence-electron chi connectivity index (χ3n) is 4.52. The lowest BCUT2D eigenvalue weighted by Crippen LogP contribution is -2.55. The SMILES string of the molecule is CN=C(NCc1ncnn1C)N1CCN(C(=O)C2CCCO2)CC1. The molecular weight excluding hydrogens is 310 g/mol. The number of aryl methyl sites for hydroxylation is 1. The Morgan fingerprint density at radius 1 is 1.38 bits per heavy atom. The van der Waals surface area contributed by atoms with Crippen molar-refractivity contribution >= 4 is 11.9 Å². The Morgan fingerprint density at radius 3 is 2.71 bits per heavy atom. The van der Waals surface area contributed by atoms with E-state index in [1.54, 1.807) is 11.7 Å². The minimum absolute atomic E-state index is 0.134. The van der Waals surface area contributed by atoms with Gasteiger partial charge in [0, 0.05) is 46.9 Å². The van der Waals surface area contributed by atoms with Gasteiger partial charge in [-0.05, 0) is 12.8 Å². The third kappa shape index (κ3) is 3.66. The summed E-state index contributed by atoms with van der Waals surface area (Å²) in [5, 5.41) is 7.36. The molecule has 0 saturated carbocycles. The molecule has 9 heteroatoms. The number of hydrogen-bond acceptors (Lipinski definition) is 5. The molecule has 0 aromatic carbocycles. The summed E-state index contributed by atoms with van der Waals surface area (Å²) in [5.41, 5.74) is 0. The Morgan fingerprint density at radius 2 is 2.12 bits per heavy atom. The summed E-state index contributed by atoms with van der Waals surface area (Å²) in [6.45, 7) is 4.19. The standard InChI is InChI=1S/C15H25N7O2/c1-16-15(17-10-13-18-11-19-20(13)2)22-7-5-21(6-8-22)14(23)12-4-3-9-24-12/h11-12H,3-10H2,1-2H3,(H,16,17). The number of amides is 1. The highest BCUT2D eigenvalue weighted by Crippen LogP contribution is 2.16. The maximum absolute atomic E-state index is 12.4. The van der Waals surface area contributed by atoms with Crippen molar-refractivity contribution in [3.8, 4) is 0 Å². The number of ether oxygens (including phenoxy) is 1. The first kappa shape index (κ1) is 16.7. The molecule has 1 atom stereocenters. The first-order valence-electron chi connectivity index (χ1n) is 8.38. The second kappa shape index (κ2) is 7.61. The van der Waals surface area contributed by atoms with E-state index in [-0.39, 0.29) is 12.0 Å². The summed E-state index contributed by atoms with van der Waals surface area (Å²) in [7, 11) is 3.63. The number of nitrogens with one attached hydrogen (secondary N) is 1. The van der Waals surface area contributed by atoms with Crippen LogP contribution in [0.5, 0.6) is 0 Å². The number of aromatic nitrogens is 3. The quantitative estimate of drug-likeness (QED) is 0.576. The van der Waals surface area contributed by atoms with Crippen molar-refractivity contribution in [1.82, 2.24) is 29.9 Å². The molecule has 1 amide bonds. The molecule has 9 nitrogen and oxygen atoms in total. The van der Waals surface area contributed by atoms with Gasteiger partial charge in [-0.25, -0.2) is 4.98 Å². The molecule has 0 bridgehead atoms. The highest BCUT2D eigenvalue weighted by atomic mass is 16.5. The van der Waals surface area contributed by atoms with Gasteiger partial charge in [-0.2, -0.15) is 5.10 Å². The topological polar surface area (TPSA) is 87.9 Å². The van der Waals surface area contributed by atoms with Crippen molar-refractivity contribution in [1.29, 1.82) is 0 Å². The van der Waals surface area contributed by atoms with E-state index in [4.69, 9.17) is 4.74 Å². The number of carbonyl (C=O) groups is 1. The molecule has 1 aromatic heterocycles. The molecule has 2 aliphatic rings. The Kier molecular flexibility index (Phi) is 5.29. The number of rotatable bonds is 3. The number of carbonyl (C=O) groups excluding carboxylic acids is 1. The van der Waals surface area contributed by atoms with Gasteiger partial charge >= 0.3 is 0 Å². The van der Waals surface area contributed by atoms with Crippen LogP contribution in [0.4, 0.5) is 0 Å². The summed E-state index contributed by atoms with van der Waals surface area (Å²) in [6, 6.07) is 0. The lowest BCUT2D eigenvalue weighted by atomic mass is 10.2.